The molecule has 0 saturated carbocycles. The summed E-state index contributed by atoms with van der Waals surface area (Å²) in [5.41, 5.74) is 5.90. The van der Waals surface area contributed by atoms with Gasteiger partial charge >= 0.3 is 0 Å². The summed E-state index contributed by atoms with van der Waals surface area (Å²) in [6, 6.07) is 12.4. The zero-order valence-electron chi connectivity index (χ0n) is 18.0. The van der Waals surface area contributed by atoms with E-state index >= 15 is 0 Å². The van der Waals surface area contributed by atoms with Crippen LogP contribution in [0.1, 0.15) is 41.7 Å². The number of nitrogens with zero attached hydrogens (tertiary/aromatic N) is 3. The molecule has 3 heterocycles. The molecular weight excluding hydrogens is 408 g/mol. The molecule has 2 fully saturated rings. The Balaban J connectivity index is 1.45. The summed E-state index contributed by atoms with van der Waals surface area (Å²) >= 11 is 0. The zero-order chi connectivity index (χ0) is 22.6. The molecule has 1 atom stereocenters. The Hall–Kier alpha value is -3.42. The van der Waals surface area contributed by atoms with Gasteiger partial charge in [-0.05, 0) is 49.6 Å². The van der Waals surface area contributed by atoms with Crippen LogP contribution in [0.15, 0.2) is 48.7 Å². The highest BCUT2D eigenvalue weighted by Crippen LogP contribution is 2.33. The van der Waals surface area contributed by atoms with Gasteiger partial charge in [0, 0.05) is 37.8 Å². The minimum atomic E-state index is -0.994. The van der Waals surface area contributed by atoms with Crippen molar-refractivity contribution in [1.29, 1.82) is 0 Å². The third kappa shape index (κ3) is 4.44. The van der Waals surface area contributed by atoms with E-state index in [1.807, 2.05) is 6.07 Å². The molecule has 2 aromatic rings. The maximum Gasteiger partial charge on any atom is 0.254 e. The molecule has 3 amide bonds. The van der Waals surface area contributed by atoms with Crippen LogP contribution in [-0.2, 0) is 15.0 Å². The summed E-state index contributed by atoms with van der Waals surface area (Å²) in [6.45, 7) is 2.42. The van der Waals surface area contributed by atoms with Crippen LogP contribution in [0, 0.1) is 0 Å². The maximum atomic E-state index is 13.3. The van der Waals surface area contributed by atoms with Gasteiger partial charge in [0.2, 0.25) is 11.8 Å². The molecule has 1 unspecified atom stereocenters. The Labute approximate surface area is 187 Å². The highest BCUT2D eigenvalue weighted by atomic mass is 16.5. The third-order valence-electron chi connectivity index (χ3n) is 6.29. The molecule has 0 radical (unpaired) electrons. The maximum absolute atomic E-state index is 13.3. The highest BCUT2D eigenvalue weighted by molar-refractivity contribution is 5.96. The highest BCUT2D eigenvalue weighted by Gasteiger charge is 2.44. The van der Waals surface area contributed by atoms with Crippen LogP contribution < -0.4 is 10.5 Å². The number of amides is 3. The average molecular weight is 437 g/mol. The van der Waals surface area contributed by atoms with Crippen molar-refractivity contribution >= 4 is 17.7 Å². The number of likely N-dealkylation sites (tertiary alicyclic amines) is 2. The number of ether oxygens (including phenoxy) is 1. The van der Waals surface area contributed by atoms with E-state index in [0.717, 1.165) is 13.0 Å². The third-order valence-corrected chi connectivity index (χ3v) is 6.29. The number of nitrogens with two attached hydrogens (primary N) is 1. The van der Waals surface area contributed by atoms with Gasteiger partial charge in [0.05, 0.1) is 12.2 Å². The molecule has 0 spiro atoms. The largest absolute Gasteiger partial charge is 0.492 e. The van der Waals surface area contributed by atoms with Gasteiger partial charge < -0.3 is 20.3 Å². The Morgan fingerprint density at radius 2 is 2.00 bits per heavy atom. The molecule has 8 nitrogen and oxygen atoms in total. The predicted molar refractivity (Wildman–Crippen MR) is 118 cm³/mol. The lowest BCUT2D eigenvalue weighted by Gasteiger charge is -2.40. The lowest BCUT2D eigenvalue weighted by Crippen LogP contribution is -2.55. The summed E-state index contributed by atoms with van der Waals surface area (Å²) < 4.78 is 5.79. The van der Waals surface area contributed by atoms with Crippen LogP contribution in [0.25, 0.3) is 0 Å². The second-order valence-electron chi connectivity index (χ2n) is 8.35. The Bertz CT molecular complexity index is 997. The van der Waals surface area contributed by atoms with Crippen LogP contribution in [-0.4, -0.2) is 65.3 Å². The van der Waals surface area contributed by atoms with Gasteiger partial charge in [0.1, 0.15) is 17.8 Å². The van der Waals surface area contributed by atoms with Crippen molar-refractivity contribution in [2.45, 2.75) is 31.1 Å². The zero-order valence-corrected chi connectivity index (χ0v) is 18.0. The predicted octanol–water partition coefficient (Wildman–Crippen LogP) is 1.74. The summed E-state index contributed by atoms with van der Waals surface area (Å²) in [6.07, 6.45) is 4.35. The standard InChI is InChI=1S/C24H28N4O4/c25-23(31)24(20-8-1-2-11-26-20)10-5-13-28(17-24)22(30)18-6-3-7-19(16-18)32-15-14-27-12-4-9-21(27)29/h1-3,6-8,11,16H,4-5,9-10,12-15,17H2,(H2,25,31). The minimum absolute atomic E-state index is 0.161. The molecule has 2 aliphatic rings. The van der Waals surface area contributed by atoms with Gasteiger partial charge in [0.25, 0.3) is 5.91 Å². The molecule has 2 saturated heterocycles. The number of pyridine rings is 1. The van der Waals surface area contributed by atoms with E-state index in [4.69, 9.17) is 10.5 Å². The molecule has 2 aliphatic heterocycles. The molecule has 0 bridgehead atoms. The van der Waals surface area contributed by atoms with Gasteiger partial charge in [0.15, 0.2) is 0 Å². The van der Waals surface area contributed by atoms with Gasteiger partial charge in [-0.1, -0.05) is 12.1 Å². The number of rotatable bonds is 7. The van der Waals surface area contributed by atoms with Gasteiger partial charge in [-0.3, -0.25) is 19.4 Å². The monoisotopic (exact) mass is 436 g/mol. The summed E-state index contributed by atoms with van der Waals surface area (Å²) in [5, 5.41) is 0. The number of benzene rings is 1. The topological polar surface area (TPSA) is 106 Å². The fraction of sp³-hybridized carbons (Fsp3) is 0.417. The van der Waals surface area contributed by atoms with E-state index < -0.39 is 11.3 Å². The SMILES string of the molecule is NC(=O)C1(c2ccccn2)CCCN(C(=O)c2cccc(OCCN3CCCC3=O)c2)C1. The number of hydrogen-bond donors (Lipinski definition) is 1. The Morgan fingerprint density at radius 3 is 2.72 bits per heavy atom. The van der Waals surface area contributed by atoms with E-state index in [1.54, 1.807) is 52.4 Å². The second kappa shape index (κ2) is 9.38. The number of piperidine rings is 1. The Kier molecular flexibility index (Phi) is 6.39. The van der Waals surface area contributed by atoms with E-state index in [9.17, 15) is 14.4 Å². The minimum Gasteiger partial charge on any atom is -0.492 e. The van der Waals surface area contributed by atoms with Crippen LogP contribution in [0.3, 0.4) is 0 Å². The molecule has 1 aromatic carbocycles. The molecule has 2 N–H and O–H groups in total. The van der Waals surface area contributed by atoms with Crippen molar-refractivity contribution in [2.24, 2.45) is 5.73 Å². The summed E-state index contributed by atoms with van der Waals surface area (Å²) in [7, 11) is 0. The van der Waals surface area contributed by atoms with Crippen molar-refractivity contribution < 1.29 is 19.1 Å². The van der Waals surface area contributed by atoms with E-state index in [-0.39, 0.29) is 18.4 Å². The number of primary amides is 1. The van der Waals surface area contributed by atoms with Crippen molar-refractivity contribution in [2.75, 3.05) is 32.8 Å². The average Bonchev–Trinajstić information content (AvgIpc) is 3.24. The van der Waals surface area contributed by atoms with Crippen molar-refractivity contribution in [3.63, 3.8) is 0 Å². The lowest BCUT2D eigenvalue weighted by molar-refractivity contribution is -0.128. The van der Waals surface area contributed by atoms with Crippen LogP contribution in [0.5, 0.6) is 5.75 Å². The molecule has 4 rings (SSSR count). The van der Waals surface area contributed by atoms with Gasteiger partial charge in [-0.25, -0.2) is 0 Å². The number of aromatic nitrogens is 1. The van der Waals surface area contributed by atoms with Crippen LogP contribution >= 0.6 is 0 Å². The van der Waals surface area contributed by atoms with Crippen LogP contribution in [0.2, 0.25) is 0 Å². The molecule has 8 heteroatoms. The van der Waals surface area contributed by atoms with Crippen molar-refractivity contribution in [3.8, 4) is 5.75 Å². The van der Waals surface area contributed by atoms with E-state index in [2.05, 4.69) is 4.98 Å². The normalized spacial score (nSPS) is 20.9. The molecular formula is C24H28N4O4. The second-order valence-corrected chi connectivity index (χ2v) is 8.35. The molecule has 1 aromatic heterocycles. The van der Waals surface area contributed by atoms with Crippen molar-refractivity contribution in [1.82, 2.24) is 14.8 Å². The first-order chi connectivity index (χ1) is 15.5. The van der Waals surface area contributed by atoms with Gasteiger partial charge in [-0.15, -0.1) is 0 Å². The fourth-order valence-corrected chi connectivity index (χ4v) is 4.53. The molecule has 0 aliphatic carbocycles. The molecule has 32 heavy (non-hydrogen) atoms. The number of carbonyl (C=O) groups excluding carboxylic acids is 3. The quantitative estimate of drug-likeness (QED) is 0.712. The summed E-state index contributed by atoms with van der Waals surface area (Å²) in [5.74, 6) is 0.0903. The van der Waals surface area contributed by atoms with Crippen molar-refractivity contribution in [3.05, 3.63) is 59.9 Å². The Morgan fingerprint density at radius 1 is 1.12 bits per heavy atom. The summed E-state index contributed by atoms with van der Waals surface area (Å²) in [4.78, 5) is 45.3. The first-order valence-corrected chi connectivity index (χ1v) is 11.0. The smallest absolute Gasteiger partial charge is 0.254 e. The first kappa shape index (κ1) is 21.8. The van der Waals surface area contributed by atoms with E-state index in [0.29, 0.717) is 56.0 Å². The number of carbonyl (C=O) groups is 3. The lowest BCUT2D eigenvalue weighted by atomic mass is 9.76. The van der Waals surface area contributed by atoms with E-state index in [1.165, 1.54) is 0 Å². The number of hydrogen-bond acceptors (Lipinski definition) is 5. The fourth-order valence-electron chi connectivity index (χ4n) is 4.53. The molecule has 168 valence electrons. The van der Waals surface area contributed by atoms with Crippen LogP contribution in [0.4, 0.5) is 0 Å². The first-order valence-electron chi connectivity index (χ1n) is 11.0. The van der Waals surface area contributed by atoms with Gasteiger partial charge in [-0.2, -0.15) is 0 Å².